The van der Waals surface area contributed by atoms with Crippen LogP contribution in [0.15, 0.2) is 36.5 Å². The van der Waals surface area contributed by atoms with Gasteiger partial charge in [0.1, 0.15) is 5.82 Å². The molecule has 100 valence electrons. The number of halogens is 2. The van der Waals surface area contributed by atoms with Gasteiger partial charge < -0.3 is 10.1 Å². The van der Waals surface area contributed by atoms with E-state index in [1.807, 2.05) is 13.0 Å². The van der Waals surface area contributed by atoms with Gasteiger partial charge in [0.05, 0.1) is 24.0 Å². The molecule has 1 atom stereocenters. The summed E-state index contributed by atoms with van der Waals surface area (Å²) in [4.78, 5) is 4.10. The van der Waals surface area contributed by atoms with Crippen LogP contribution in [0.3, 0.4) is 0 Å². The lowest BCUT2D eigenvalue weighted by Gasteiger charge is -2.16. The molecule has 1 N–H and O–H groups in total. The highest BCUT2D eigenvalue weighted by Gasteiger charge is 2.08. The standard InChI is InChI=1S/C14H14ClFN2O/c1-9(10-3-5-12(15)13(16)7-10)18-11-4-6-14(19-2)17-8-11/h3-9,18H,1-2H3. The largest absolute Gasteiger partial charge is 0.481 e. The van der Waals surface area contributed by atoms with Gasteiger partial charge in [0.25, 0.3) is 0 Å². The fourth-order valence-corrected chi connectivity index (χ4v) is 1.82. The van der Waals surface area contributed by atoms with Crippen molar-refractivity contribution < 1.29 is 9.13 Å². The minimum absolute atomic E-state index is 0.0537. The Morgan fingerprint density at radius 3 is 2.68 bits per heavy atom. The lowest BCUT2D eigenvalue weighted by atomic mass is 10.1. The zero-order valence-corrected chi connectivity index (χ0v) is 11.4. The van der Waals surface area contributed by atoms with Gasteiger partial charge in [0.2, 0.25) is 5.88 Å². The van der Waals surface area contributed by atoms with E-state index in [1.54, 1.807) is 31.5 Å². The number of nitrogens with one attached hydrogen (secondary N) is 1. The molecule has 0 spiro atoms. The van der Waals surface area contributed by atoms with Crippen molar-refractivity contribution in [2.24, 2.45) is 0 Å². The maximum Gasteiger partial charge on any atom is 0.213 e. The summed E-state index contributed by atoms with van der Waals surface area (Å²) in [5.41, 5.74) is 1.65. The topological polar surface area (TPSA) is 34.1 Å². The van der Waals surface area contributed by atoms with Crippen molar-refractivity contribution in [3.63, 3.8) is 0 Å². The quantitative estimate of drug-likeness (QED) is 0.917. The van der Waals surface area contributed by atoms with Crippen LogP contribution >= 0.6 is 11.6 Å². The minimum atomic E-state index is -0.416. The summed E-state index contributed by atoms with van der Waals surface area (Å²) in [6.07, 6.45) is 1.67. The van der Waals surface area contributed by atoms with Crippen molar-refractivity contribution in [2.75, 3.05) is 12.4 Å². The predicted octanol–water partition coefficient (Wildman–Crippen LogP) is 4.06. The average Bonchev–Trinajstić information content (AvgIpc) is 2.42. The first-order valence-electron chi connectivity index (χ1n) is 5.81. The fourth-order valence-electron chi connectivity index (χ4n) is 1.70. The molecule has 1 unspecified atom stereocenters. The molecule has 1 heterocycles. The molecular weight excluding hydrogens is 267 g/mol. The van der Waals surface area contributed by atoms with Gasteiger partial charge >= 0.3 is 0 Å². The zero-order chi connectivity index (χ0) is 13.8. The fraction of sp³-hybridized carbons (Fsp3) is 0.214. The van der Waals surface area contributed by atoms with Crippen LogP contribution in [0.1, 0.15) is 18.5 Å². The summed E-state index contributed by atoms with van der Waals surface area (Å²) < 4.78 is 18.4. The first-order chi connectivity index (χ1) is 9.10. The summed E-state index contributed by atoms with van der Waals surface area (Å²) in [5, 5.41) is 3.36. The lowest BCUT2D eigenvalue weighted by Crippen LogP contribution is -2.07. The van der Waals surface area contributed by atoms with E-state index in [9.17, 15) is 4.39 Å². The maximum atomic E-state index is 13.4. The smallest absolute Gasteiger partial charge is 0.213 e. The third-order valence-corrected chi connectivity index (χ3v) is 3.08. The van der Waals surface area contributed by atoms with Gasteiger partial charge in [-0.2, -0.15) is 0 Å². The van der Waals surface area contributed by atoms with E-state index >= 15 is 0 Å². The number of hydrogen-bond donors (Lipinski definition) is 1. The Bertz CT molecular complexity index is 560. The first kappa shape index (κ1) is 13.6. The summed E-state index contributed by atoms with van der Waals surface area (Å²) in [7, 11) is 1.56. The molecule has 1 aromatic carbocycles. The summed E-state index contributed by atoms with van der Waals surface area (Å²) in [6.45, 7) is 1.94. The van der Waals surface area contributed by atoms with Crippen molar-refractivity contribution in [3.8, 4) is 5.88 Å². The molecule has 19 heavy (non-hydrogen) atoms. The first-order valence-corrected chi connectivity index (χ1v) is 6.19. The van der Waals surface area contributed by atoms with Gasteiger partial charge in [-0.1, -0.05) is 17.7 Å². The number of benzene rings is 1. The highest BCUT2D eigenvalue weighted by Crippen LogP contribution is 2.23. The molecule has 0 saturated heterocycles. The van der Waals surface area contributed by atoms with E-state index in [0.717, 1.165) is 11.3 Å². The molecule has 0 aliphatic heterocycles. The van der Waals surface area contributed by atoms with E-state index in [2.05, 4.69) is 10.3 Å². The van der Waals surface area contributed by atoms with E-state index in [-0.39, 0.29) is 11.1 Å². The SMILES string of the molecule is COc1ccc(NC(C)c2ccc(Cl)c(F)c2)cn1. The van der Waals surface area contributed by atoms with Crippen molar-refractivity contribution in [1.29, 1.82) is 0 Å². The Morgan fingerprint density at radius 2 is 2.11 bits per heavy atom. The van der Waals surface area contributed by atoms with Crippen LogP contribution in [0.2, 0.25) is 5.02 Å². The van der Waals surface area contributed by atoms with Gasteiger partial charge in [0, 0.05) is 12.1 Å². The third kappa shape index (κ3) is 3.35. The van der Waals surface area contributed by atoms with Crippen molar-refractivity contribution in [2.45, 2.75) is 13.0 Å². The van der Waals surface area contributed by atoms with E-state index in [0.29, 0.717) is 5.88 Å². The van der Waals surface area contributed by atoms with Gasteiger partial charge in [-0.15, -0.1) is 0 Å². The molecule has 0 aliphatic carbocycles. The van der Waals surface area contributed by atoms with Crippen molar-refractivity contribution >= 4 is 17.3 Å². The van der Waals surface area contributed by atoms with Crippen LogP contribution in [0, 0.1) is 5.82 Å². The Balaban J connectivity index is 2.10. The van der Waals surface area contributed by atoms with Gasteiger partial charge in [-0.05, 0) is 30.7 Å². The minimum Gasteiger partial charge on any atom is -0.481 e. The van der Waals surface area contributed by atoms with Crippen LogP contribution in [0.5, 0.6) is 5.88 Å². The number of aromatic nitrogens is 1. The molecule has 1 aromatic heterocycles. The Kier molecular flexibility index (Phi) is 4.22. The number of nitrogens with zero attached hydrogens (tertiary/aromatic N) is 1. The second kappa shape index (κ2) is 5.89. The van der Waals surface area contributed by atoms with Crippen LogP contribution < -0.4 is 10.1 Å². The Morgan fingerprint density at radius 1 is 1.32 bits per heavy atom. The number of rotatable bonds is 4. The number of pyridine rings is 1. The Hall–Kier alpha value is -1.81. The van der Waals surface area contributed by atoms with E-state index in [4.69, 9.17) is 16.3 Å². The second-order valence-electron chi connectivity index (χ2n) is 4.13. The van der Waals surface area contributed by atoms with Crippen molar-refractivity contribution in [3.05, 3.63) is 52.9 Å². The van der Waals surface area contributed by atoms with Gasteiger partial charge in [-0.3, -0.25) is 0 Å². The van der Waals surface area contributed by atoms with Crippen molar-refractivity contribution in [1.82, 2.24) is 4.98 Å². The second-order valence-corrected chi connectivity index (χ2v) is 4.54. The number of methoxy groups -OCH3 is 1. The van der Waals surface area contributed by atoms with Crippen LogP contribution in [-0.2, 0) is 0 Å². The van der Waals surface area contributed by atoms with Crippen LogP contribution in [-0.4, -0.2) is 12.1 Å². The molecule has 0 aliphatic rings. The predicted molar refractivity (Wildman–Crippen MR) is 74.2 cm³/mol. The van der Waals surface area contributed by atoms with Gasteiger partial charge in [-0.25, -0.2) is 9.37 Å². The molecule has 0 amide bonds. The average molecular weight is 281 g/mol. The monoisotopic (exact) mass is 280 g/mol. The summed E-state index contributed by atoms with van der Waals surface area (Å²) >= 11 is 5.66. The number of ether oxygens (including phenoxy) is 1. The normalized spacial score (nSPS) is 12.0. The molecule has 0 saturated carbocycles. The third-order valence-electron chi connectivity index (χ3n) is 2.77. The molecule has 3 nitrogen and oxygen atoms in total. The lowest BCUT2D eigenvalue weighted by molar-refractivity contribution is 0.398. The summed E-state index contributed by atoms with van der Waals surface area (Å²) in [6, 6.07) is 8.33. The molecule has 0 bridgehead atoms. The number of hydrogen-bond acceptors (Lipinski definition) is 3. The molecule has 5 heteroatoms. The van der Waals surface area contributed by atoms with E-state index in [1.165, 1.54) is 6.07 Å². The molecule has 2 aromatic rings. The molecular formula is C14H14ClFN2O. The van der Waals surface area contributed by atoms with E-state index < -0.39 is 5.82 Å². The summed E-state index contributed by atoms with van der Waals surface area (Å²) in [5.74, 6) is 0.136. The maximum absolute atomic E-state index is 13.4. The van der Waals surface area contributed by atoms with Gasteiger partial charge in [0.15, 0.2) is 0 Å². The molecule has 0 radical (unpaired) electrons. The molecule has 0 fully saturated rings. The zero-order valence-electron chi connectivity index (χ0n) is 10.7. The van der Waals surface area contributed by atoms with Crippen LogP contribution in [0.4, 0.5) is 10.1 Å². The molecule has 2 rings (SSSR count). The number of anilines is 1. The van der Waals surface area contributed by atoms with Crippen LogP contribution in [0.25, 0.3) is 0 Å². The highest BCUT2D eigenvalue weighted by atomic mass is 35.5. The highest BCUT2D eigenvalue weighted by molar-refractivity contribution is 6.30. The Labute approximate surface area is 116 Å².